The lowest BCUT2D eigenvalue weighted by Crippen LogP contribution is -2.15. The Hall–Kier alpha value is -0.710. The highest BCUT2D eigenvalue weighted by atomic mass is 32.2. The van der Waals surface area contributed by atoms with Crippen molar-refractivity contribution in [3.05, 3.63) is 29.8 Å². The van der Waals surface area contributed by atoms with Crippen LogP contribution in [-0.2, 0) is 11.3 Å². The van der Waals surface area contributed by atoms with Crippen LogP contribution in [0.3, 0.4) is 0 Å². The molecule has 1 aromatic carbocycles. The van der Waals surface area contributed by atoms with E-state index in [1.165, 1.54) is 0 Å². The summed E-state index contributed by atoms with van der Waals surface area (Å²) in [6, 6.07) is 7.98. The predicted molar refractivity (Wildman–Crippen MR) is 76.1 cm³/mol. The third kappa shape index (κ3) is 3.90. The molecule has 1 aliphatic rings. The number of benzene rings is 1. The van der Waals surface area contributed by atoms with Gasteiger partial charge in [-0.25, -0.2) is 0 Å². The highest BCUT2D eigenvalue weighted by Gasteiger charge is 2.23. The van der Waals surface area contributed by atoms with Crippen LogP contribution in [0, 0.1) is 0 Å². The summed E-state index contributed by atoms with van der Waals surface area (Å²) in [6.07, 6.45) is 1.55. The minimum Gasteiger partial charge on any atom is -0.493 e. The standard InChI is InChI=1S/C14H21NO2S/c1-11-14(5-6-16-11)18-8-7-17-13-4-2-3-12(9-13)10-15/h2-4,9,11,14H,5-8,10,15H2,1H3. The van der Waals surface area contributed by atoms with E-state index < -0.39 is 0 Å². The largest absolute Gasteiger partial charge is 0.493 e. The molecule has 2 rings (SSSR count). The number of ether oxygens (including phenoxy) is 2. The van der Waals surface area contributed by atoms with Gasteiger partial charge >= 0.3 is 0 Å². The van der Waals surface area contributed by atoms with Gasteiger partial charge in [-0.05, 0) is 31.0 Å². The van der Waals surface area contributed by atoms with Crippen molar-refractivity contribution in [3.63, 3.8) is 0 Å². The number of hydrogen-bond acceptors (Lipinski definition) is 4. The molecule has 1 saturated heterocycles. The first-order chi connectivity index (χ1) is 8.79. The molecule has 100 valence electrons. The maximum Gasteiger partial charge on any atom is 0.119 e. The molecule has 1 heterocycles. The molecule has 1 fully saturated rings. The van der Waals surface area contributed by atoms with Gasteiger partial charge in [0.05, 0.1) is 12.7 Å². The van der Waals surface area contributed by atoms with Crippen molar-refractivity contribution in [2.24, 2.45) is 5.73 Å². The molecule has 0 radical (unpaired) electrons. The highest BCUT2D eigenvalue weighted by molar-refractivity contribution is 8.00. The van der Waals surface area contributed by atoms with E-state index in [-0.39, 0.29) is 0 Å². The minimum absolute atomic E-state index is 0.385. The third-order valence-corrected chi connectivity index (χ3v) is 4.57. The Labute approximate surface area is 113 Å². The van der Waals surface area contributed by atoms with Crippen molar-refractivity contribution < 1.29 is 9.47 Å². The average molecular weight is 267 g/mol. The van der Waals surface area contributed by atoms with E-state index in [1.807, 2.05) is 36.0 Å². The number of hydrogen-bond donors (Lipinski definition) is 1. The van der Waals surface area contributed by atoms with Gasteiger partial charge in [0.25, 0.3) is 0 Å². The average Bonchev–Trinajstić information content (AvgIpc) is 2.81. The molecule has 2 unspecified atom stereocenters. The summed E-state index contributed by atoms with van der Waals surface area (Å²) in [6.45, 7) is 4.35. The molecular formula is C14H21NO2S. The maximum absolute atomic E-state index is 5.73. The first kappa shape index (κ1) is 13.7. The van der Waals surface area contributed by atoms with Gasteiger partial charge < -0.3 is 15.2 Å². The van der Waals surface area contributed by atoms with Gasteiger partial charge in [0.15, 0.2) is 0 Å². The van der Waals surface area contributed by atoms with Gasteiger partial charge in [-0.15, -0.1) is 0 Å². The van der Waals surface area contributed by atoms with Crippen LogP contribution in [0.25, 0.3) is 0 Å². The molecule has 3 nitrogen and oxygen atoms in total. The highest BCUT2D eigenvalue weighted by Crippen LogP contribution is 2.26. The van der Waals surface area contributed by atoms with Crippen molar-refractivity contribution in [2.45, 2.75) is 31.2 Å². The Morgan fingerprint density at radius 1 is 1.50 bits per heavy atom. The van der Waals surface area contributed by atoms with Crippen LogP contribution in [0.15, 0.2) is 24.3 Å². The van der Waals surface area contributed by atoms with E-state index in [4.69, 9.17) is 15.2 Å². The topological polar surface area (TPSA) is 44.5 Å². The van der Waals surface area contributed by atoms with E-state index in [0.717, 1.165) is 36.7 Å². The van der Waals surface area contributed by atoms with Crippen LogP contribution < -0.4 is 10.5 Å². The second-order valence-corrected chi connectivity index (χ2v) is 5.82. The van der Waals surface area contributed by atoms with Crippen LogP contribution in [-0.4, -0.2) is 30.3 Å². The Morgan fingerprint density at radius 2 is 2.39 bits per heavy atom. The first-order valence-corrected chi connectivity index (χ1v) is 7.49. The summed E-state index contributed by atoms with van der Waals surface area (Å²) in [5.41, 5.74) is 6.71. The molecule has 2 atom stereocenters. The molecule has 2 N–H and O–H groups in total. The summed E-state index contributed by atoms with van der Waals surface area (Å²) in [5, 5.41) is 0.629. The maximum atomic E-state index is 5.73. The Morgan fingerprint density at radius 3 is 3.11 bits per heavy atom. The molecule has 0 saturated carbocycles. The van der Waals surface area contributed by atoms with Gasteiger partial charge in [0, 0.05) is 24.2 Å². The molecule has 0 amide bonds. The molecule has 4 heteroatoms. The third-order valence-electron chi connectivity index (χ3n) is 3.12. The fraction of sp³-hybridized carbons (Fsp3) is 0.571. The molecule has 0 aromatic heterocycles. The van der Waals surface area contributed by atoms with Crippen LogP contribution in [0.2, 0.25) is 0 Å². The Bertz CT molecular complexity index is 373. The number of nitrogens with two attached hydrogens (primary N) is 1. The quantitative estimate of drug-likeness (QED) is 0.804. The van der Waals surface area contributed by atoms with Crippen molar-refractivity contribution in [3.8, 4) is 5.75 Å². The lowest BCUT2D eigenvalue weighted by Gasteiger charge is -2.13. The Kier molecular flexibility index (Phi) is 5.35. The summed E-state index contributed by atoms with van der Waals surface area (Å²) < 4.78 is 11.3. The lowest BCUT2D eigenvalue weighted by atomic mass is 10.2. The minimum atomic E-state index is 0.385. The van der Waals surface area contributed by atoms with Gasteiger partial charge in [0.2, 0.25) is 0 Å². The normalized spacial score (nSPS) is 23.2. The van der Waals surface area contributed by atoms with Gasteiger partial charge in [-0.1, -0.05) is 12.1 Å². The van der Waals surface area contributed by atoms with Crippen molar-refractivity contribution in [1.82, 2.24) is 0 Å². The van der Waals surface area contributed by atoms with Crippen molar-refractivity contribution in [1.29, 1.82) is 0 Å². The first-order valence-electron chi connectivity index (χ1n) is 6.44. The summed E-state index contributed by atoms with van der Waals surface area (Å²) in [7, 11) is 0. The van der Waals surface area contributed by atoms with Crippen LogP contribution >= 0.6 is 11.8 Å². The fourth-order valence-corrected chi connectivity index (χ4v) is 3.15. The summed E-state index contributed by atoms with van der Waals surface area (Å²) in [4.78, 5) is 0. The summed E-state index contributed by atoms with van der Waals surface area (Å²) >= 11 is 1.95. The zero-order valence-corrected chi connectivity index (χ0v) is 11.6. The van der Waals surface area contributed by atoms with Crippen LogP contribution in [0.5, 0.6) is 5.75 Å². The van der Waals surface area contributed by atoms with Gasteiger partial charge in [-0.3, -0.25) is 0 Å². The summed E-state index contributed by atoms with van der Waals surface area (Å²) in [5.74, 6) is 1.92. The smallest absolute Gasteiger partial charge is 0.119 e. The van der Waals surface area contributed by atoms with Crippen molar-refractivity contribution >= 4 is 11.8 Å². The monoisotopic (exact) mass is 267 g/mol. The van der Waals surface area contributed by atoms with E-state index in [0.29, 0.717) is 17.9 Å². The molecule has 1 aliphatic heterocycles. The predicted octanol–water partition coefficient (Wildman–Crippen LogP) is 2.43. The second-order valence-electron chi connectivity index (χ2n) is 4.47. The van der Waals surface area contributed by atoms with Crippen LogP contribution in [0.4, 0.5) is 0 Å². The van der Waals surface area contributed by atoms with E-state index in [2.05, 4.69) is 6.92 Å². The zero-order chi connectivity index (χ0) is 12.8. The van der Waals surface area contributed by atoms with E-state index in [9.17, 15) is 0 Å². The molecular weight excluding hydrogens is 246 g/mol. The lowest BCUT2D eigenvalue weighted by molar-refractivity contribution is 0.127. The van der Waals surface area contributed by atoms with Crippen molar-refractivity contribution in [2.75, 3.05) is 19.0 Å². The molecule has 0 spiro atoms. The Balaban J connectivity index is 1.68. The molecule has 0 aliphatic carbocycles. The molecule has 18 heavy (non-hydrogen) atoms. The molecule has 1 aromatic rings. The van der Waals surface area contributed by atoms with E-state index in [1.54, 1.807) is 0 Å². The van der Waals surface area contributed by atoms with Crippen LogP contribution in [0.1, 0.15) is 18.9 Å². The van der Waals surface area contributed by atoms with Gasteiger partial charge in [0.1, 0.15) is 5.75 Å². The number of rotatable bonds is 6. The van der Waals surface area contributed by atoms with Gasteiger partial charge in [-0.2, -0.15) is 11.8 Å². The number of thioether (sulfide) groups is 1. The molecule has 0 bridgehead atoms. The second kappa shape index (κ2) is 7.02. The zero-order valence-electron chi connectivity index (χ0n) is 10.8. The van der Waals surface area contributed by atoms with E-state index >= 15 is 0 Å². The fourth-order valence-electron chi connectivity index (χ4n) is 2.05. The SMILES string of the molecule is CC1OCCC1SCCOc1cccc(CN)c1.